The molecule has 156 valence electrons. The molecular weight excluding hydrogens is 410 g/mol. The maximum Gasteiger partial charge on any atom is 0.418 e. The second-order valence-electron chi connectivity index (χ2n) is 6.69. The van der Waals surface area contributed by atoms with Crippen molar-refractivity contribution in [1.82, 2.24) is 20.2 Å². The predicted molar refractivity (Wildman–Crippen MR) is 101 cm³/mol. The molecule has 1 aliphatic carbocycles. The van der Waals surface area contributed by atoms with Crippen molar-refractivity contribution in [1.29, 1.82) is 0 Å². The lowest BCUT2D eigenvalue weighted by Crippen LogP contribution is -2.43. The van der Waals surface area contributed by atoms with Crippen molar-refractivity contribution in [2.45, 2.75) is 50.6 Å². The Bertz CT molecular complexity index is 848. The second-order valence-corrected chi connectivity index (χ2v) is 8.73. The van der Waals surface area contributed by atoms with Gasteiger partial charge in [0.25, 0.3) is 0 Å². The Hall–Kier alpha value is -2.03. The summed E-state index contributed by atoms with van der Waals surface area (Å²) in [5.41, 5.74) is 10.8. The fraction of sp³-hybridized carbons (Fsp3) is 0.714. The number of aliphatic imine (C=N–C) groups is 1. The molecule has 1 aliphatic heterocycles. The van der Waals surface area contributed by atoms with E-state index in [1.165, 1.54) is 16.2 Å². The van der Waals surface area contributed by atoms with Crippen LogP contribution in [0.25, 0.3) is 0 Å². The molecule has 14 heteroatoms. The van der Waals surface area contributed by atoms with Crippen molar-refractivity contribution in [3.63, 3.8) is 0 Å². The van der Waals surface area contributed by atoms with Crippen LogP contribution in [0.15, 0.2) is 4.99 Å². The quantitative estimate of drug-likeness (QED) is 0.325. The van der Waals surface area contributed by atoms with Crippen LogP contribution in [0.1, 0.15) is 54.6 Å². The van der Waals surface area contributed by atoms with Crippen LogP contribution in [0, 0.1) is 0 Å². The van der Waals surface area contributed by atoms with Crippen LogP contribution in [0.5, 0.6) is 0 Å². The van der Waals surface area contributed by atoms with E-state index in [1.807, 2.05) is 0 Å². The first-order valence-electron chi connectivity index (χ1n) is 8.85. The van der Waals surface area contributed by atoms with Gasteiger partial charge in [-0.1, -0.05) is 11.3 Å². The Morgan fingerprint density at radius 3 is 2.64 bits per heavy atom. The molecule has 28 heavy (non-hydrogen) atoms. The number of hydroxylamine groups is 2. The third-order valence-corrected chi connectivity index (χ3v) is 6.29. The zero-order valence-corrected chi connectivity index (χ0v) is 16.9. The molecule has 2 amide bonds. The van der Waals surface area contributed by atoms with Gasteiger partial charge in [0.2, 0.25) is 0 Å². The van der Waals surface area contributed by atoms with E-state index < -0.39 is 16.4 Å². The zero-order chi connectivity index (χ0) is 20.5. The SMILES string of the molecule is CCN1C(=O)N(OS(=O)(=O)O)CCC[C@H]1c1nnc(C2CC(N=C(N)N)C2)s1. The predicted octanol–water partition coefficient (Wildman–Crippen LogP) is 0.371. The maximum atomic E-state index is 12.7. The Labute approximate surface area is 166 Å². The molecule has 12 nitrogen and oxygen atoms in total. The molecule has 0 aromatic carbocycles. The van der Waals surface area contributed by atoms with Crippen molar-refractivity contribution in [3.8, 4) is 0 Å². The van der Waals surface area contributed by atoms with Gasteiger partial charge in [0.1, 0.15) is 10.0 Å². The van der Waals surface area contributed by atoms with Crippen LogP contribution in [-0.4, -0.2) is 64.3 Å². The minimum atomic E-state index is -4.78. The summed E-state index contributed by atoms with van der Waals surface area (Å²) in [6.45, 7) is 2.13. The molecule has 1 aromatic rings. The number of hydrogen-bond donors (Lipinski definition) is 3. The number of amides is 2. The molecule has 0 unspecified atom stereocenters. The molecule has 0 spiro atoms. The number of carbonyl (C=O) groups is 1. The Balaban J connectivity index is 1.72. The minimum Gasteiger partial charge on any atom is -0.370 e. The Morgan fingerprint density at radius 2 is 2.04 bits per heavy atom. The number of hydrogen-bond acceptors (Lipinski definition) is 8. The fourth-order valence-corrected chi connectivity index (χ4v) is 4.89. The monoisotopic (exact) mass is 433 g/mol. The van der Waals surface area contributed by atoms with E-state index in [0.717, 1.165) is 17.8 Å². The van der Waals surface area contributed by atoms with Crippen molar-refractivity contribution >= 4 is 33.7 Å². The lowest BCUT2D eigenvalue weighted by molar-refractivity contribution is -0.0272. The van der Waals surface area contributed by atoms with E-state index in [9.17, 15) is 13.2 Å². The average molecular weight is 434 g/mol. The topological polar surface area (TPSA) is 177 Å². The van der Waals surface area contributed by atoms with Gasteiger partial charge in [0.05, 0.1) is 18.6 Å². The molecule has 3 rings (SSSR count). The summed E-state index contributed by atoms with van der Waals surface area (Å²) in [6.07, 6.45) is 2.64. The summed E-state index contributed by atoms with van der Waals surface area (Å²) in [7, 11) is -4.78. The number of nitrogens with zero attached hydrogens (tertiary/aromatic N) is 5. The lowest BCUT2D eigenvalue weighted by Gasteiger charge is -2.30. The highest BCUT2D eigenvalue weighted by atomic mass is 32.3. The summed E-state index contributed by atoms with van der Waals surface area (Å²) < 4.78 is 35.3. The number of nitrogens with two attached hydrogens (primary N) is 2. The van der Waals surface area contributed by atoms with Crippen molar-refractivity contribution in [2.24, 2.45) is 16.5 Å². The number of carbonyl (C=O) groups excluding carboxylic acids is 1. The summed E-state index contributed by atoms with van der Waals surface area (Å²) in [6, 6.07) is -0.886. The van der Waals surface area contributed by atoms with Gasteiger partial charge >= 0.3 is 16.4 Å². The van der Waals surface area contributed by atoms with Crippen molar-refractivity contribution < 1.29 is 22.0 Å². The lowest BCUT2D eigenvalue weighted by atomic mass is 9.81. The van der Waals surface area contributed by atoms with Gasteiger partial charge in [0.15, 0.2) is 5.96 Å². The number of guanidine groups is 1. The van der Waals surface area contributed by atoms with Crippen LogP contribution in [0.3, 0.4) is 0 Å². The van der Waals surface area contributed by atoms with Crippen LogP contribution >= 0.6 is 11.3 Å². The van der Waals surface area contributed by atoms with Gasteiger partial charge in [-0.25, -0.2) is 4.79 Å². The van der Waals surface area contributed by atoms with Crippen LogP contribution < -0.4 is 11.5 Å². The average Bonchev–Trinajstić information content (AvgIpc) is 2.97. The van der Waals surface area contributed by atoms with E-state index in [2.05, 4.69) is 19.5 Å². The number of aromatic nitrogens is 2. The summed E-state index contributed by atoms with van der Waals surface area (Å²) in [5.74, 6) is 0.309. The van der Waals surface area contributed by atoms with Crippen molar-refractivity contribution in [2.75, 3.05) is 13.1 Å². The summed E-state index contributed by atoms with van der Waals surface area (Å²) in [4.78, 5) is 18.3. The number of rotatable bonds is 6. The van der Waals surface area contributed by atoms with Gasteiger partial charge in [0, 0.05) is 12.5 Å². The van der Waals surface area contributed by atoms with Crippen LogP contribution in [0.4, 0.5) is 4.79 Å². The molecule has 0 radical (unpaired) electrons. The molecule has 1 saturated carbocycles. The van der Waals surface area contributed by atoms with E-state index in [4.69, 9.17) is 16.0 Å². The number of urea groups is 1. The Morgan fingerprint density at radius 1 is 1.36 bits per heavy atom. The standard InChI is InChI=1S/C14H23N7O5S2/c1-2-20-10(4-3-5-21(14(20)22)26-28(23,24)25)12-19-18-11(27-12)8-6-9(7-8)17-13(15)16/h8-10H,2-7H2,1H3,(H4,15,16,17)(H,23,24,25)/t8?,9?,10-/m0/s1. The van der Waals surface area contributed by atoms with E-state index in [-0.39, 0.29) is 30.5 Å². The van der Waals surface area contributed by atoms with E-state index in [1.54, 1.807) is 6.92 Å². The van der Waals surface area contributed by atoms with Gasteiger partial charge < -0.3 is 16.4 Å². The first-order chi connectivity index (χ1) is 13.2. The molecule has 2 heterocycles. The third kappa shape index (κ3) is 4.68. The zero-order valence-electron chi connectivity index (χ0n) is 15.3. The molecule has 1 saturated heterocycles. The highest BCUT2D eigenvalue weighted by Crippen LogP contribution is 2.42. The largest absolute Gasteiger partial charge is 0.418 e. The van der Waals surface area contributed by atoms with Gasteiger partial charge in [-0.3, -0.25) is 9.55 Å². The molecule has 0 bridgehead atoms. The molecule has 1 aromatic heterocycles. The normalized spacial score (nSPS) is 25.9. The van der Waals surface area contributed by atoms with Crippen LogP contribution in [0.2, 0.25) is 0 Å². The first-order valence-corrected chi connectivity index (χ1v) is 11.0. The van der Waals surface area contributed by atoms with Crippen molar-refractivity contribution in [3.05, 3.63) is 10.0 Å². The molecule has 2 aliphatic rings. The highest BCUT2D eigenvalue weighted by Gasteiger charge is 2.37. The molecule has 5 N–H and O–H groups in total. The van der Waals surface area contributed by atoms with Gasteiger partial charge in [-0.2, -0.15) is 13.5 Å². The molecule has 2 fully saturated rings. The molecular formula is C14H23N7O5S2. The summed E-state index contributed by atoms with van der Waals surface area (Å²) >= 11 is 1.43. The van der Waals surface area contributed by atoms with E-state index in [0.29, 0.717) is 29.5 Å². The first kappa shape index (κ1) is 20.7. The second kappa shape index (κ2) is 8.14. The van der Waals surface area contributed by atoms with Crippen LogP contribution in [-0.2, 0) is 14.7 Å². The summed E-state index contributed by atoms with van der Waals surface area (Å²) in [5, 5.41) is 10.7. The Kier molecular flexibility index (Phi) is 6.02. The highest BCUT2D eigenvalue weighted by molar-refractivity contribution is 7.80. The molecule has 1 atom stereocenters. The third-order valence-electron chi connectivity index (χ3n) is 4.73. The minimum absolute atomic E-state index is 0.0418. The smallest absolute Gasteiger partial charge is 0.370 e. The maximum absolute atomic E-state index is 12.7. The van der Waals surface area contributed by atoms with Gasteiger partial charge in [-0.15, -0.1) is 14.5 Å². The van der Waals surface area contributed by atoms with Gasteiger partial charge in [-0.05, 0) is 32.6 Å². The van der Waals surface area contributed by atoms with E-state index >= 15 is 0 Å². The fourth-order valence-electron chi connectivity index (χ4n) is 3.40.